The molecule has 1 rings (SSSR count). The molecule has 13 heavy (non-hydrogen) atoms. The molecule has 0 aromatic rings. The summed E-state index contributed by atoms with van der Waals surface area (Å²) >= 11 is 1.95. The van der Waals surface area contributed by atoms with E-state index in [0.717, 1.165) is 12.3 Å². The van der Waals surface area contributed by atoms with Crippen LogP contribution in [0.25, 0.3) is 0 Å². The van der Waals surface area contributed by atoms with Crippen molar-refractivity contribution in [2.24, 2.45) is 0 Å². The fraction of sp³-hybridized carbons (Fsp3) is 1.00. The van der Waals surface area contributed by atoms with E-state index in [1.807, 2.05) is 11.8 Å². The Kier molecular flexibility index (Phi) is 3.99. The molecule has 1 aliphatic heterocycles. The van der Waals surface area contributed by atoms with E-state index < -0.39 is 0 Å². The molecule has 1 heterocycles. The summed E-state index contributed by atoms with van der Waals surface area (Å²) in [5.41, 5.74) is 0. The molecule has 0 spiro atoms. The summed E-state index contributed by atoms with van der Waals surface area (Å²) in [5, 5.41) is 10.8. The average Bonchev–Trinajstić information content (AvgIpc) is 2.07. The van der Waals surface area contributed by atoms with Gasteiger partial charge in [0.1, 0.15) is 0 Å². The lowest BCUT2D eigenvalue weighted by atomic mass is 10.2. The first-order chi connectivity index (χ1) is 6.11. The van der Waals surface area contributed by atoms with Crippen LogP contribution in [0, 0.1) is 10.1 Å². The molecular formula is C8H16N2O2S. The van der Waals surface area contributed by atoms with E-state index in [2.05, 4.69) is 18.7 Å². The van der Waals surface area contributed by atoms with Gasteiger partial charge in [-0.05, 0) is 6.92 Å². The Balaban J connectivity index is 2.35. The predicted octanol–water partition coefficient (Wildman–Crippen LogP) is 1.09. The van der Waals surface area contributed by atoms with Crippen LogP contribution in [0.15, 0.2) is 0 Å². The minimum absolute atomic E-state index is 0.0712. The highest BCUT2D eigenvalue weighted by atomic mass is 32.2. The Morgan fingerprint density at radius 1 is 1.62 bits per heavy atom. The van der Waals surface area contributed by atoms with Gasteiger partial charge in [0.25, 0.3) is 0 Å². The summed E-state index contributed by atoms with van der Waals surface area (Å²) in [4.78, 5) is 12.2. The third kappa shape index (κ3) is 3.15. The minimum Gasteiger partial charge on any atom is -0.292 e. The molecule has 0 aromatic heterocycles. The van der Waals surface area contributed by atoms with Crippen molar-refractivity contribution in [2.75, 3.05) is 25.4 Å². The van der Waals surface area contributed by atoms with Crippen LogP contribution in [-0.4, -0.2) is 46.5 Å². The summed E-state index contributed by atoms with van der Waals surface area (Å²) in [5.74, 6) is 1.10. The van der Waals surface area contributed by atoms with Crippen molar-refractivity contribution < 1.29 is 4.92 Å². The van der Waals surface area contributed by atoms with E-state index in [-0.39, 0.29) is 11.5 Å². The molecule has 76 valence electrons. The monoisotopic (exact) mass is 204 g/mol. The van der Waals surface area contributed by atoms with E-state index in [1.54, 1.807) is 0 Å². The van der Waals surface area contributed by atoms with E-state index in [1.165, 1.54) is 0 Å². The van der Waals surface area contributed by atoms with Gasteiger partial charge >= 0.3 is 0 Å². The maximum absolute atomic E-state index is 10.2. The first kappa shape index (κ1) is 10.8. The van der Waals surface area contributed by atoms with Gasteiger partial charge in [0.05, 0.1) is 6.54 Å². The van der Waals surface area contributed by atoms with Crippen LogP contribution in [0.1, 0.15) is 13.8 Å². The number of thioether (sulfide) groups is 1. The fourth-order valence-electron chi connectivity index (χ4n) is 1.52. The maximum Gasteiger partial charge on any atom is 0.216 e. The van der Waals surface area contributed by atoms with Crippen molar-refractivity contribution in [3.05, 3.63) is 10.1 Å². The molecule has 1 saturated heterocycles. The normalized spacial score (nSPS) is 30.3. The lowest BCUT2D eigenvalue weighted by Gasteiger charge is -2.36. The second-order valence-electron chi connectivity index (χ2n) is 3.41. The van der Waals surface area contributed by atoms with Crippen LogP contribution in [0.2, 0.25) is 0 Å². The fourth-order valence-corrected chi connectivity index (χ4v) is 2.68. The van der Waals surface area contributed by atoms with Crippen molar-refractivity contribution >= 4 is 11.8 Å². The topological polar surface area (TPSA) is 46.4 Å². The Morgan fingerprint density at radius 2 is 2.31 bits per heavy atom. The zero-order valence-electron chi connectivity index (χ0n) is 8.10. The number of rotatable bonds is 3. The van der Waals surface area contributed by atoms with Crippen LogP contribution < -0.4 is 0 Å². The van der Waals surface area contributed by atoms with Crippen molar-refractivity contribution in [3.63, 3.8) is 0 Å². The number of nitrogens with zero attached hydrogens (tertiary/aromatic N) is 2. The SMILES string of the molecule is CC1SCCN(CC[N+](=O)[O-])C1C. The van der Waals surface area contributed by atoms with E-state index in [0.29, 0.717) is 17.8 Å². The molecule has 0 bridgehead atoms. The molecular weight excluding hydrogens is 188 g/mol. The second kappa shape index (κ2) is 4.81. The standard InChI is InChI=1S/C8H16N2O2S/c1-7-8(2)13-6-5-9(7)3-4-10(11)12/h7-8H,3-6H2,1-2H3. The highest BCUT2D eigenvalue weighted by Gasteiger charge is 2.25. The quantitative estimate of drug-likeness (QED) is 0.510. The van der Waals surface area contributed by atoms with Gasteiger partial charge in [-0.15, -0.1) is 0 Å². The molecule has 4 nitrogen and oxygen atoms in total. The van der Waals surface area contributed by atoms with E-state index in [4.69, 9.17) is 0 Å². The van der Waals surface area contributed by atoms with Gasteiger partial charge in [-0.2, -0.15) is 11.8 Å². The van der Waals surface area contributed by atoms with Crippen LogP contribution in [0.5, 0.6) is 0 Å². The number of hydrogen-bond acceptors (Lipinski definition) is 4. The summed E-state index contributed by atoms with van der Waals surface area (Å²) < 4.78 is 0. The summed E-state index contributed by atoms with van der Waals surface area (Å²) in [6.07, 6.45) is 0. The van der Waals surface area contributed by atoms with Crippen LogP contribution in [0.4, 0.5) is 0 Å². The average molecular weight is 204 g/mol. The first-order valence-corrected chi connectivity index (χ1v) is 5.63. The highest BCUT2D eigenvalue weighted by molar-refractivity contribution is 8.00. The molecule has 0 N–H and O–H groups in total. The van der Waals surface area contributed by atoms with Gasteiger partial charge in [0.15, 0.2) is 0 Å². The van der Waals surface area contributed by atoms with Gasteiger partial charge in [-0.3, -0.25) is 15.0 Å². The molecule has 0 saturated carbocycles. The summed E-state index contributed by atoms with van der Waals surface area (Å²) in [6, 6.07) is 0.471. The summed E-state index contributed by atoms with van der Waals surface area (Å²) in [6.45, 7) is 6.00. The summed E-state index contributed by atoms with van der Waals surface area (Å²) in [7, 11) is 0. The molecule has 2 atom stereocenters. The molecule has 0 aliphatic carbocycles. The van der Waals surface area contributed by atoms with E-state index >= 15 is 0 Å². The minimum atomic E-state index is -0.237. The second-order valence-corrected chi connectivity index (χ2v) is 4.89. The van der Waals surface area contributed by atoms with Crippen LogP contribution in [-0.2, 0) is 0 Å². The Morgan fingerprint density at radius 3 is 2.92 bits per heavy atom. The Hall–Kier alpha value is -0.290. The van der Waals surface area contributed by atoms with E-state index in [9.17, 15) is 10.1 Å². The number of nitro groups is 1. The third-order valence-electron chi connectivity index (χ3n) is 2.58. The zero-order chi connectivity index (χ0) is 9.84. The lowest BCUT2D eigenvalue weighted by molar-refractivity contribution is -0.480. The maximum atomic E-state index is 10.2. The van der Waals surface area contributed by atoms with Crippen LogP contribution >= 0.6 is 11.8 Å². The Labute approximate surface area is 82.8 Å². The molecule has 0 amide bonds. The molecule has 1 fully saturated rings. The largest absolute Gasteiger partial charge is 0.292 e. The predicted molar refractivity (Wildman–Crippen MR) is 54.8 cm³/mol. The number of hydrogen-bond donors (Lipinski definition) is 0. The lowest BCUT2D eigenvalue weighted by Crippen LogP contribution is -2.46. The van der Waals surface area contributed by atoms with Gasteiger partial charge in [-0.25, -0.2) is 0 Å². The van der Waals surface area contributed by atoms with Gasteiger partial charge in [0.2, 0.25) is 6.54 Å². The zero-order valence-corrected chi connectivity index (χ0v) is 8.92. The Bertz CT molecular complexity index is 189. The van der Waals surface area contributed by atoms with Crippen molar-refractivity contribution in [1.82, 2.24) is 4.90 Å². The third-order valence-corrected chi connectivity index (χ3v) is 3.92. The smallest absolute Gasteiger partial charge is 0.216 e. The first-order valence-electron chi connectivity index (χ1n) is 4.58. The van der Waals surface area contributed by atoms with Gasteiger partial charge < -0.3 is 0 Å². The van der Waals surface area contributed by atoms with Crippen molar-refractivity contribution in [2.45, 2.75) is 25.1 Å². The van der Waals surface area contributed by atoms with Gasteiger partial charge in [0, 0.05) is 28.5 Å². The van der Waals surface area contributed by atoms with Gasteiger partial charge in [-0.1, -0.05) is 6.92 Å². The molecule has 0 aromatic carbocycles. The highest BCUT2D eigenvalue weighted by Crippen LogP contribution is 2.23. The van der Waals surface area contributed by atoms with Crippen molar-refractivity contribution in [3.8, 4) is 0 Å². The van der Waals surface area contributed by atoms with Crippen LogP contribution in [0.3, 0.4) is 0 Å². The van der Waals surface area contributed by atoms with Crippen molar-refractivity contribution in [1.29, 1.82) is 0 Å². The molecule has 2 unspecified atom stereocenters. The molecule has 1 aliphatic rings. The molecule has 0 radical (unpaired) electrons. The molecule has 5 heteroatoms.